The molecule has 1 heterocycles. The van der Waals surface area contributed by atoms with Crippen LogP contribution in [0.25, 0.3) is 6.08 Å². The third-order valence-electron chi connectivity index (χ3n) is 3.44. The van der Waals surface area contributed by atoms with Crippen LogP contribution in [0.15, 0.2) is 23.8 Å². The predicted octanol–water partition coefficient (Wildman–Crippen LogP) is 1.53. The van der Waals surface area contributed by atoms with Gasteiger partial charge in [0.1, 0.15) is 5.57 Å². The topological polar surface area (TPSA) is 76.2 Å². The van der Waals surface area contributed by atoms with Crippen molar-refractivity contribution in [3.63, 3.8) is 0 Å². The maximum absolute atomic E-state index is 12.2. The van der Waals surface area contributed by atoms with E-state index in [2.05, 4.69) is 0 Å². The Balaban J connectivity index is 2.44. The van der Waals surface area contributed by atoms with Crippen LogP contribution in [0.2, 0.25) is 0 Å². The van der Waals surface area contributed by atoms with Gasteiger partial charge in [0.2, 0.25) is 0 Å². The van der Waals surface area contributed by atoms with Crippen molar-refractivity contribution in [2.24, 2.45) is 0 Å². The Kier molecular flexibility index (Phi) is 4.68. The summed E-state index contributed by atoms with van der Waals surface area (Å²) >= 11 is 0. The maximum Gasteiger partial charge on any atom is 0.333 e. The Morgan fingerprint density at radius 1 is 1.04 bits per heavy atom. The molecule has 0 N–H and O–H groups in total. The quantitative estimate of drug-likeness (QED) is 0.621. The summed E-state index contributed by atoms with van der Waals surface area (Å²) in [5.41, 5.74) is 0.518. The molecule has 0 atom stereocenters. The second-order valence-electron chi connectivity index (χ2n) is 4.91. The first-order chi connectivity index (χ1) is 10.9. The van der Waals surface area contributed by atoms with Crippen LogP contribution in [0, 0.1) is 0 Å². The van der Waals surface area contributed by atoms with E-state index >= 15 is 0 Å². The Morgan fingerprint density at radius 2 is 1.65 bits per heavy atom. The summed E-state index contributed by atoms with van der Waals surface area (Å²) in [7, 11) is 4.20. The number of barbiturate groups is 1. The molecule has 4 amide bonds. The molecule has 1 aliphatic heterocycles. The summed E-state index contributed by atoms with van der Waals surface area (Å²) in [6, 6.07) is 4.41. The van der Waals surface area contributed by atoms with Crippen LogP contribution in [0.3, 0.4) is 0 Å². The first-order valence-corrected chi connectivity index (χ1v) is 7.03. The number of nitrogens with zero attached hydrogens (tertiary/aromatic N) is 2. The summed E-state index contributed by atoms with van der Waals surface area (Å²) in [6.45, 7) is 2.29. The molecule has 1 aromatic rings. The first kappa shape index (κ1) is 16.5. The number of hydrogen-bond donors (Lipinski definition) is 0. The maximum atomic E-state index is 12.2. The van der Waals surface area contributed by atoms with Crippen LogP contribution in [0.4, 0.5) is 4.79 Å². The number of imide groups is 2. The number of methoxy groups -OCH3 is 1. The third-order valence-corrected chi connectivity index (χ3v) is 3.44. The normalized spacial score (nSPS) is 15.1. The smallest absolute Gasteiger partial charge is 0.333 e. The van der Waals surface area contributed by atoms with Crippen molar-refractivity contribution in [2.45, 2.75) is 6.92 Å². The highest BCUT2D eigenvalue weighted by Crippen LogP contribution is 2.29. The zero-order valence-electron chi connectivity index (χ0n) is 13.5. The first-order valence-electron chi connectivity index (χ1n) is 7.03. The van der Waals surface area contributed by atoms with E-state index in [0.29, 0.717) is 23.7 Å². The summed E-state index contributed by atoms with van der Waals surface area (Å²) in [4.78, 5) is 37.8. The molecule has 7 nitrogen and oxygen atoms in total. The number of carbonyl (C=O) groups is 3. The standard InChI is InChI=1S/C16H18N2O5/c1-5-23-13-9-10(6-7-12(13)22-4)8-11-14(19)17(2)16(21)18(3)15(11)20/h6-9H,5H2,1-4H3. The van der Waals surface area contributed by atoms with Crippen molar-refractivity contribution in [1.82, 2.24) is 9.80 Å². The number of urea groups is 1. The van der Waals surface area contributed by atoms with Crippen molar-refractivity contribution in [3.8, 4) is 11.5 Å². The van der Waals surface area contributed by atoms with Gasteiger partial charge in [-0.15, -0.1) is 0 Å². The lowest BCUT2D eigenvalue weighted by atomic mass is 10.1. The summed E-state index contributed by atoms with van der Waals surface area (Å²) in [6.07, 6.45) is 1.44. The highest BCUT2D eigenvalue weighted by Gasteiger charge is 2.37. The van der Waals surface area contributed by atoms with Crippen LogP contribution >= 0.6 is 0 Å². The monoisotopic (exact) mass is 318 g/mol. The van der Waals surface area contributed by atoms with Crippen molar-refractivity contribution in [2.75, 3.05) is 27.8 Å². The van der Waals surface area contributed by atoms with Gasteiger partial charge in [-0.1, -0.05) is 6.07 Å². The number of benzene rings is 1. The molecule has 1 fully saturated rings. The van der Waals surface area contributed by atoms with E-state index in [4.69, 9.17) is 9.47 Å². The van der Waals surface area contributed by atoms with Gasteiger partial charge in [0, 0.05) is 14.1 Å². The van der Waals surface area contributed by atoms with Gasteiger partial charge in [0.25, 0.3) is 11.8 Å². The van der Waals surface area contributed by atoms with Crippen molar-refractivity contribution in [1.29, 1.82) is 0 Å². The van der Waals surface area contributed by atoms with Crippen molar-refractivity contribution in [3.05, 3.63) is 29.3 Å². The van der Waals surface area contributed by atoms with E-state index in [1.54, 1.807) is 18.2 Å². The average molecular weight is 318 g/mol. The average Bonchev–Trinajstić information content (AvgIpc) is 2.56. The Labute approximate surface area is 134 Å². The fourth-order valence-electron chi connectivity index (χ4n) is 2.19. The summed E-state index contributed by atoms with van der Waals surface area (Å²) < 4.78 is 10.7. The Bertz CT molecular complexity index is 670. The molecule has 1 aromatic carbocycles. The molecule has 0 bridgehead atoms. The van der Waals surface area contributed by atoms with Gasteiger partial charge in [-0.25, -0.2) is 4.79 Å². The molecule has 1 saturated heterocycles. The Hall–Kier alpha value is -2.83. The van der Waals surface area contributed by atoms with Crippen LogP contribution in [0.5, 0.6) is 11.5 Å². The Morgan fingerprint density at radius 3 is 2.17 bits per heavy atom. The van der Waals surface area contributed by atoms with Crippen molar-refractivity contribution >= 4 is 23.9 Å². The molecule has 0 spiro atoms. The summed E-state index contributed by atoms with van der Waals surface area (Å²) in [5.74, 6) is -0.198. The lowest BCUT2D eigenvalue weighted by Crippen LogP contribution is -2.52. The van der Waals surface area contributed by atoms with E-state index in [1.165, 1.54) is 27.3 Å². The minimum Gasteiger partial charge on any atom is -0.493 e. The fourth-order valence-corrected chi connectivity index (χ4v) is 2.19. The minimum atomic E-state index is -0.651. The van der Waals surface area contributed by atoms with Crippen LogP contribution in [-0.4, -0.2) is 55.5 Å². The molecular weight excluding hydrogens is 300 g/mol. The van der Waals surface area contributed by atoms with Gasteiger partial charge < -0.3 is 9.47 Å². The van der Waals surface area contributed by atoms with Gasteiger partial charge in [-0.05, 0) is 30.7 Å². The highest BCUT2D eigenvalue weighted by atomic mass is 16.5. The molecule has 7 heteroatoms. The minimum absolute atomic E-state index is 0.0813. The second kappa shape index (κ2) is 6.51. The van der Waals surface area contributed by atoms with Gasteiger partial charge >= 0.3 is 6.03 Å². The number of likely N-dealkylation sites (N-methyl/N-ethyl adjacent to an activating group) is 2. The van der Waals surface area contributed by atoms with Gasteiger partial charge in [0.05, 0.1) is 13.7 Å². The predicted molar refractivity (Wildman–Crippen MR) is 83.1 cm³/mol. The molecule has 0 unspecified atom stereocenters. The number of rotatable bonds is 4. The lowest BCUT2D eigenvalue weighted by molar-refractivity contribution is -0.134. The molecule has 0 aliphatic carbocycles. The number of amides is 4. The van der Waals surface area contributed by atoms with E-state index in [0.717, 1.165) is 9.80 Å². The molecule has 0 saturated carbocycles. The number of hydrogen-bond acceptors (Lipinski definition) is 5. The molecule has 0 radical (unpaired) electrons. The van der Waals surface area contributed by atoms with Gasteiger partial charge in [-0.3, -0.25) is 19.4 Å². The van der Waals surface area contributed by atoms with E-state index < -0.39 is 17.8 Å². The highest BCUT2D eigenvalue weighted by molar-refractivity contribution is 6.30. The zero-order chi connectivity index (χ0) is 17.1. The number of ether oxygens (including phenoxy) is 2. The molecular formula is C16H18N2O5. The third kappa shape index (κ3) is 3.03. The van der Waals surface area contributed by atoms with Crippen molar-refractivity contribution < 1.29 is 23.9 Å². The summed E-state index contributed by atoms with van der Waals surface area (Å²) in [5, 5.41) is 0. The molecule has 23 heavy (non-hydrogen) atoms. The molecule has 122 valence electrons. The van der Waals surface area contributed by atoms with E-state index in [9.17, 15) is 14.4 Å². The van der Waals surface area contributed by atoms with Crippen LogP contribution in [-0.2, 0) is 9.59 Å². The van der Waals surface area contributed by atoms with Gasteiger partial charge in [-0.2, -0.15) is 0 Å². The van der Waals surface area contributed by atoms with E-state index in [-0.39, 0.29) is 5.57 Å². The zero-order valence-corrected chi connectivity index (χ0v) is 13.5. The largest absolute Gasteiger partial charge is 0.493 e. The SMILES string of the molecule is CCOc1cc(C=C2C(=O)N(C)C(=O)N(C)C2=O)ccc1OC. The lowest BCUT2D eigenvalue weighted by Gasteiger charge is -2.28. The van der Waals surface area contributed by atoms with E-state index in [1.807, 2.05) is 6.92 Å². The second-order valence-corrected chi connectivity index (χ2v) is 4.91. The molecule has 1 aliphatic rings. The number of carbonyl (C=O) groups excluding carboxylic acids is 3. The van der Waals surface area contributed by atoms with Crippen LogP contribution < -0.4 is 9.47 Å². The molecule has 2 rings (SSSR count). The van der Waals surface area contributed by atoms with Crippen LogP contribution in [0.1, 0.15) is 12.5 Å². The fraction of sp³-hybridized carbons (Fsp3) is 0.312. The molecule has 0 aromatic heterocycles. The van der Waals surface area contributed by atoms with Gasteiger partial charge in [0.15, 0.2) is 11.5 Å².